The molecule has 0 unspecified atom stereocenters. The van der Waals surface area contributed by atoms with Crippen molar-refractivity contribution in [3.8, 4) is 6.07 Å². The van der Waals surface area contributed by atoms with Crippen molar-refractivity contribution in [3.63, 3.8) is 0 Å². The first-order valence-corrected chi connectivity index (χ1v) is 10.2. The number of aromatic nitrogens is 3. The predicted molar refractivity (Wildman–Crippen MR) is 108 cm³/mol. The molecule has 2 aromatic heterocycles. The third-order valence-electron chi connectivity index (χ3n) is 5.27. The van der Waals surface area contributed by atoms with E-state index in [2.05, 4.69) is 10.2 Å². The average Bonchev–Trinajstić information content (AvgIpc) is 3.22. The lowest BCUT2D eigenvalue weighted by molar-refractivity contribution is -0.140. The lowest BCUT2D eigenvalue weighted by Crippen LogP contribution is -2.39. The van der Waals surface area contributed by atoms with Gasteiger partial charge in [0, 0.05) is 19.3 Å². The van der Waals surface area contributed by atoms with Crippen LogP contribution in [0.15, 0.2) is 36.5 Å². The van der Waals surface area contributed by atoms with Crippen molar-refractivity contribution in [3.05, 3.63) is 64.9 Å². The van der Waals surface area contributed by atoms with Crippen LogP contribution >= 0.6 is 0 Å². The molecular weight excluding hydrogens is 426 g/mol. The maximum absolute atomic E-state index is 13.9. The normalized spacial score (nSPS) is 14.6. The molecule has 1 amide bonds. The first-order valence-electron chi connectivity index (χ1n) is 10.2. The van der Waals surface area contributed by atoms with Gasteiger partial charge in [-0.05, 0) is 42.5 Å². The molecule has 1 saturated heterocycles. The van der Waals surface area contributed by atoms with E-state index in [1.807, 2.05) is 19.9 Å². The largest absolute Gasteiger partial charge is 0.419 e. The summed E-state index contributed by atoms with van der Waals surface area (Å²) in [5.41, 5.74) is -0.578. The molecule has 10 heteroatoms. The molecule has 1 aliphatic heterocycles. The molecule has 1 aromatic carbocycles. The summed E-state index contributed by atoms with van der Waals surface area (Å²) in [6, 6.07) is 8.47. The van der Waals surface area contributed by atoms with E-state index in [0.717, 1.165) is 6.07 Å². The van der Waals surface area contributed by atoms with Crippen LogP contribution in [0.2, 0.25) is 0 Å². The fourth-order valence-electron chi connectivity index (χ4n) is 3.82. The average molecular weight is 447 g/mol. The number of halogens is 4. The first kappa shape index (κ1) is 23.2. The number of hydrogen-bond donors (Lipinski definition) is 0. The quantitative estimate of drug-likeness (QED) is 0.529. The summed E-state index contributed by atoms with van der Waals surface area (Å²) in [4.78, 5) is 14.4. The van der Waals surface area contributed by atoms with E-state index in [0.29, 0.717) is 11.2 Å². The Balaban J connectivity index is 0.00000141. The molecule has 3 heterocycles. The van der Waals surface area contributed by atoms with Crippen molar-refractivity contribution in [1.29, 1.82) is 5.26 Å². The van der Waals surface area contributed by atoms with Gasteiger partial charge in [-0.2, -0.15) is 18.4 Å². The minimum absolute atomic E-state index is 0.0299. The van der Waals surface area contributed by atoms with Crippen LogP contribution in [0.3, 0.4) is 0 Å². The fourth-order valence-corrected chi connectivity index (χ4v) is 3.82. The van der Waals surface area contributed by atoms with Crippen LogP contribution in [0, 0.1) is 17.1 Å². The molecule has 0 bridgehead atoms. The summed E-state index contributed by atoms with van der Waals surface area (Å²) in [5, 5.41) is 16.8. The topological polar surface area (TPSA) is 74.3 Å². The van der Waals surface area contributed by atoms with Crippen LogP contribution in [0.25, 0.3) is 5.65 Å². The Labute approximate surface area is 182 Å². The molecule has 0 radical (unpaired) electrons. The molecule has 0 N–H and O–H groups in total. The van der Waals surface area contributed by atoms with Crippen LogP contribution < -0.4 is 0 Å². The molecule has 4 rings (SSSR count). The summed E-state index contributed by atoms with van der Waals surface area (Å²) in [6.45, 7) is 4.40. The predicted octanol–water partition coefficient (Wildman–Crippen LogP) is 4.80. The number of benzene rings is 1. The van der Waals surface area contributed by atoms with Gasteiger partial charge in [-0.25, -0.2) is 4.39 Å². The van der Waals surface area contributed by atoms with Gasteiger partial charge in [0.2, 0.25) is 5.82 Å². The third-order valence-corrected chi connectivity index (χ3v) is 5.27. The van der Waals surface area contributed by atoms with Gasteiger partial charge in [0.05, 0.1) is 11.1 Å². The van der Waals surface area contributed by atoms with E-state index in [1.54, 1.807) is 12.1 Å². The molecule has 1 fully saturated rings. The van der Waals surface area contributed by atoms with Gasteiger partial charge >= 0.3 is 6.18 Å². The number of carbonyl (C=O) groups is 1. The zero-order valence-corrected chi connectivity index (χ0v) is 17.5. The number of nitriles is 1. The molecule has 3 aromatic rings. The third kappa shape index (κ3) is 4.42. The number of alkyl halides is 3. The van der Waals surface area contributed by atoms with Crippen molar-refractivity contribution in [2.75, 3.05) is 13.1 Å². The number of carbonyl (C=O) groups excluding carboxylic acids is 1. The van der Waals surface area contributed by atoms with Crippen molar-refractivity contribution < 1.29 is 22.4 Å². The van der Waals surface area contributed by atoms with Gasteiger partial charge in [-0.1, -0.05) is 26.0 Å². The second-order valence-corrected chi connectivity index (χ2v) is 7.05. The number of hydrogen-bond acceptors (Lipinski definition) is 4. The standard InChI is InChI=1S/C20H15F4N5O.C2H6/c21-15-3-1-2-14(17(15)20(22,23)24)13-6-8-28(9-7-13)19(30)18-27-26-16-5-4-12(10-25)11-29(16)18;1-2/h1-5,11,13H,6-9H2;1-2H3. The van der Waals surface area contributed by atoms with Crippen molar-refractivity contribution in [1.82, 2.24) is 19.5 Å². The molecule has 1 aliphatic rings. The summed E-state index contributed by atoms with van der Waals surface area (Å²) >= 11 is 0. The zero-order chi connectivity index (χ0) is 23.5. The number of piperidine rings is 1. The van der Waals surface area contributed by atoms with Crippen LogP contribution in [0.4, 0.5) is 17.6 Å². The molecule has 0 spiro atoms. The molecule has 0 saturated carbocycles. The van der Waals surface area contributed by atoms with Crippen LogP contribution in [-0.4, -0.2) is 38.5 Å². The Morgan fingerprint density at radius 3 is 2.44 bits per heavy atom. The Hall–Kier alpha value is -3.48. The maximum Gasteiger partial charge on any atom is 0.419 e. The smallest absolute Gasteiger partial charge is 0.336 e. The fraction of sp³-hybridized carbons (Fsp3) is 0.364. The van der Waals surface area contributed by atoms with Gasteiger partial charge in [-0.3, -0.25) is 9.20 Å². The Morgan fingerprint density at radius 1 is 1.12 bits per heavy atom. The maximum atomic E-state index is 13.9. The lowest BCUT2D eigenvalue weighted by Gasteiger charge is -2.32. The summed E-state index contributed by atoms with van der Waals surface area (Å²) in [7, 11) is 0. The lowest BCUT2D eigenvalue weighted by atomic mass is 9.86. The monoisotopic (exact) mass is 447 g/mol. The minimum Gasteiger partial charge on any atom is -0.336 e. The van der Waals surface area contributed by atoms with Gasteiger partial charge < -0.3 is 4.90 Å². The number of rotatable bonds is 2. The number of nitrogens with zero attached hydrogens (tertiary/aromatic N) is 5. The molecule has 6 nitrogen and oxygen atoms in total. The SMILES string of the molecule is CC.N#Cc1ccc2nnc(C(=O)N3CCC(c4cccc(F)c4C(F)(F)F)CC3)n2c1. The Bertz CT molecular complexity index is 1160. The molecule has 32 heavy (non-hydrogen) atoms. The highest BCUT2D eigenvalue weighted by atomic mass is 19.4. The second kappa shape index (κ2) is 9.34. The van der Waals surface area contributed by atoms with E-state index in [4.69, 9.17) is 5.26 Å². The van der Waals surface area contributed by atoms with Gasteiger partial charge in [0.15, 0.2) is 5.65 Å². The molecular formula is C22H21F4N5O. The Morgan fingerprint density at radius 2 is 1.81 bits per heavy atom. The van der Waals surface area contributed by atoms with Crippen LogP contribution in [0.1, 0.15) is 59.9 Å². The number of amides is 1. The van der Waals surface area contributed by atoms with E-state index in [9.17, 15) is 22.4 Å². The highest BCUT2D eigenvalue weighted by Gasteiger charge is 2.39. The van der Waals surface area contributed by atoms with E-state index in [1.165, 1.54) is 27.6 Å². The number of pyridine rings is 1. The second-order valence-electron chi connectivity index (χ2n) is 7.05. The molecule has 168 valence electrons. The van der Waals surface area contributed by atoms with E-state index < -0.39 is 29.4 Å². The van der Waals surface area contributed by atoms with Crippen LogP contribution in [0.5, 0.6) is 0 Å². The summed E-state index contributed by atoms with van der Waals surface area (Å²) in [6.07, 6.45) is -2.80. The number of fused-ring (bicyclic) bond motifs is 1. The Kier molecular flexibility index (Phi) is 6.77. The zero-order valence-electron chi connectivity index (χ0n) is 17.5. The highest BCUT2D eigenvalue weighted by molar-refractivity contribution is 5.91. The van der Waals surface area contributed by atoms with Crippen molar-refractivity contribution in [2.24, 2.45) is 0 Å². The van der Waals surface area contributed by atoms with Gasteiger partial charge in [0.1, 0.15) is 11.9 Å². The minimum atomic E-state index is -4.79. The van der Waals surface area contributed by atoms with Gasteiger partial charge in [-0.15, -0.1) is 10.2 Å². The summed E-state index contributed by atoms with van der Waals surface area (Å²) < 4.78 is 55.3. The van der Waals surface area contributed by atoms with Crippen molar-refractivity contribution >= 4 is 11.6 Å². The molecule has 0 atom stereocenters. The van der Waals surface area contributed by atoms with E-state index >= 15 is 0 Å². The van der Waals surface area contributed by atoms with E-state index in [-0.39, 0.29) is 37.3 Å². The van der Waals surface area contributed by atoms with Crippen molar-refractivity contribution in [2.45, 2.75) is 38.8 Å². The van der Waals surface area contributed by atoms with Crippen LogP contribution in [-0.2, 0) is 6.18 Å². The highest BCUT2D eigenvalue weighted by Crippen LogP contribution is 2.40. The summed E-state index contributed by atoms with van der Waals surface area (Å²) in [5.74, 6) is -2.20. The number of likely N-dealkylation sites (tertiary alicyclic amines) is 1. The molecule has 0 aliphatic carbocycles. The first-order chi connectivity index (χ1) is 15.3. The van der Waals surface area contributed by atoms with Gasteiger partial charge in [0.25, 0.3) is 5.91 Å².